The molecule has 0 N–H and O–H groups in total. The highest BCUT2D eigenvalue weighted by atomic mass is 28.1. The summed E-state index contributed by atoms with van der Waals surface area (Å²) in [5.74, 6) is 0.339. The molecule has 0 aliphatic rings. The number of hydrogen-bond donors (Lipinski definition) is 0. The van der Waals surface area contributed by atoms with Crippen LogP contribution in [0.2, 0.25) is 0 Å². The minimum absolute atomic E-state index is 0.339. The van der Waals surface area contributed by atoms with E-state index in [4.69, 9.17) is 0 Å². The Hall–Kier alpha value is -2.12. The molecule has 3 rings (SSSR count). The van der Waals surface area contributed by atoms with Crippen molar-refractivity contribution >= 4 is 15.4 Å². The van der Waals surface area contributed by atoms with E-state index in [9.17, 15) is 0 Å². The highest BCUT2D eigenvalue weighted by Crippen LogP contribution is 2.30. The van der Waals surface area contributed by atoms with E-state index in [-0.39, 0.29) is 0 Å². The van der Waals surface area contributed by atoms with Crippen LogP contribution in [-0.4, -0.2) is 10.2 Å². The topological polar surface area (TPSA) is 0 Å². The Labute approximate surface area is 123 Å². The fourth-order valence-corrected chi connectivity index (χ4v) is 3.40. The van der Waals surface area contributed by atoms with Gasteiger partial charge in [-0.15, -0.1) is 0 Å². The molecule has 0 aromatic heterocycles. The lowest BCUT2D eigenvalue weighted by atomic mass is 9.85. The molecule has 3 aromatic carbocycles. The van der Waals surface area contributed by atoms with Crippen molar-refractivity contribution in [3.8, 4) is 0 Å². The van der Waals surface area contributed by atoms with Gasteiger partial charge in [-0.05, 0) is 16.7 Å². The van der Waals surface area contributed by atoms with E-state index in [1.54, 1.807) is 0 Å². The third-order valence-corrected chi connectivity index (χ3v) is 4.68. The van der Waals surface area contributed by atoms with Crippen LogP contribution in [0.25, 0.3) is 0 Å². The number of rotatable bonds is 3. The largest absolute Gasteiger partial charge is 0.0667 e. The van der Waals surface area contributed by atoms with Crippen LogP contribution in [-0.2, 0) is 0 Å². The standard InChI is InChI=1S/C19H18Si/c20-18-14-8-7-13-17(18)19(15-9-3-1-4-10-15)16-11-5-2-6-12-16/h1-14,19H,20H3. The molecule has 0 saturated heterocycles. The molecule has 0 aliphatic carbocycles. The second-order valence-electron chi connectivity index (χ2n) is 5.11. The molecule has 0 fully saturated rings. The van der Waals surface area contributed by atoms with Crippen molar-refractivity contribution in [2.24, 2.45) is 0 Å². The zero-order valence-electron chi connectivity index (χ0n) is 11.7. The minimum atomic E-state index is 0.339. The summed E-state index contributed by atoms with van der Waals surface area (Å²) in [4.78, 5) is 0. The molecular formula is C19H18Si. The Morgan fingerprint density at radius 3 is 1.50 bits per heavy atom. The molecule has 0 heterocycles. The van der Waals surface area contributed by atoms with Crippen molar-refractivity contribution in [2.75, 3.05) is 0 Å². The predicted octanol–water partition coefficient (Wildman–Crippen LogP) is 2.86. The summed E-state index contributed by atoms with van der Waals surface area (Å²) in [5.41, 5.74) is 4.17. The summed E-state index contributed by atoms with van der Waals surface area (Å²) in [6.45, 7) is 0. The SMILES string of the molecule is [SiH3]c1ccccc1C(c1ccccc1)c1ccccc1. The lowest BCUT2D eigenvalue weighted by molar-refractivity contribution is 0.986. The molecule has 0 amide bonds. The van der Waals surface area contributed by atoms with Crippen molar-refractivity contribution < 1.29 is 0 Å². The van der Waals surface area contributed by atoms with E-state index in [1.165, 1.54) is 21.9 Å². The molecule has 0 atom stereocenters. The summed E-state index contributed by atoms with van der Waals surface area (Å²) in [6, 6.07) is 30.4. The van der Waals surface area contributed by atoms with Crippen LogP contribution in [0.15, 0.2) is 84.9 Å². The first-order valence-corrected chi connectivity index (χ1v) is 8.01. The third kappa shape index (κ3) is 2.58. The van der Waals surface area contributed by atoms with Crippen LogP contribution in [0.4, 0.5) is 0 Å². The van der Waals surface area contributed by atoms with Gasteiger partial charge in [0.1, 0.15) is 0 Å². The van der Waals surface area contributed by atoms with Gasteiger partial charge in [0.15, 0.2) is 0 Å². The fourth-order valence-electron chi connectivity index (χ4n) is 2.75. The van der Waals surface area contributed by atoms with Gasteiger partial charge >= 0.3 is 0 Å². The molecule has 0 nitrogen and oxygen atoms in total. The molecule has 1 heteroatoms. The van der Waals surface area contributed by atoms with Crippen LogP contribution in [0.5, 0.6) is 0 Å². The molecule has 98 valence electrons. The van der Waals surface area contributed by atoms with E-state index >= 15 is 0 Å². The van der Waals surface area contributed by atoms with Crippen LogP contribution in [0.1, 0.15) is 22.6 Å². The Kier molecular flexibility index (Phi) is 3.80. The second kappa shape index (κ2) is 5.89. The van der Waals surface area contributed by atoms with E-state index in [2.05, 4.69) is 84.9 Å². The van der Waals surface area contributed by atoms with E-state index in [0.29, 0.717) is 5.92 Å². The molecule has 0 spiro atoms. The minimum Gasteiger partial charge on any atom is -0.0667 e. The molecule has 3 aromatic rings. The normalized spacial score (nSPS) is 10.8. The van der Waals surface area contributed by atoms with Crippen molar-refractivity contribution in [1.29, 1.82) is 0 Å². The molecule has 20 heavy (non-hydrogen) atoms. The summed E-state index contributed by atoms with van der Waals surface area (Å²) in [6.07, 6.45) is 0. The zero-order chi connectivity index (χ0) is 13.8. The average molecular weight is 274 g/mol. The van der Waals surface area contributed by atoms with Crippen molar-refractivity contribution in [3.05, 3.63) is 102 Å². The maximum atomic E-state index is 2.27. The molecular weight excluding hydrogens is 256 g/mol. The Morgan fingerprint density at radius 1 is 0.550 bits per heavy atom. The molecule has 0 saturated carbocycles. The highest BCUT2D eigenvalue weighted by molar-refractivity contribution is 6.33. The maximum Gasteiger partial charge on any atom is 0.0389 e. The Balaban J connectivity index is 2.17. The quantitative estimate of drug-likeness (QED) is 0.509. The number of hydrogen-bond acceptors (Lipinski definition) is 0. The van der Waals surface area contributed by atoms with Crippen LogP contribution in [0.3, 0.4) is 0 Å². The van der Waals surface area contributed by atoms with Gasteiger partial charge in [-0.1, -0.05) is 90.1 Å². The first-order valence-electron chi connectivity index (χ1n) is 7.01. The molecule has 0 aliphatic heterocycles. The predicted molar refractivity (Wildman–Crippen MR) is 89.8 cm³/mol. The Bertz CT molecular complexity index is 635. The lowest BCUT2D eigenvalue weighted by Gasteiger charge is -2.20. The third-order valence-electron chi connectivity index (χ3n) is 3.77. The van der Waals surface area contributed by atoms with Gasteiger partial charge in [-0.2, -0.15) is 0 Å². The van der Waals surface area contributed by atoms with Crippen LogP contribution in [0, 0.1) is 0 Å². The van der Waals surface area contributed by atoms with E-state index < -0.39 is 0 Å². The van der Waals surface area contributed by atoms with Gasteiger partial charge in [0, 0.05) is 16.2 Å². The summed E-state index contributed by atoms with van der Waals surface area (Å²) < 4.78 is 0. The summed E-state index contributed by atoms with van der Waals surface area (Å²) in [7, 11) is 1.08. The van der Waals surface area contributed by atoms with Gasteiger partial charge in [-0.3, -0.25) is 0 Å². The zero-order valence-corrected chi connectivity index (χ0v) is 13.7. The maximum absolute atomic E-state index is 2.27. The average Bonchev–Trinajstić information content (AvgIpc) is 2.52. The first kappa shape index (κ1) is 12.9. The van der Waals surface area contributed by atoms with Crippen molar-refractivity contribution in [3.63, 3.8) is 0 Å². The summed E-state index contributed by atoms with van der Waals surface area (Å²) in [5, 5.41) is 1.48. The highest BCUT2D eigenvalue weighted by Gasteiger charge is 2.17. The molecule has 0 bridgehead atoms. The smallest absolute Gasteiger partial charge is 0.0389 e. The monoisotopic (exact) mass is 274 g/mol. The Morgan fingerprint density at radius 2 is 1.00 bits per heavy atom. The molecule has 0 radical (unpaired) electrons. The van der Waals surface area contributed by atoms with Crippen molar-refractivity contribution in [1.82, 2.24) is 0 Å². The van der Waals surface area contributed by atoms with E-state index in [1.807, 2.05) is 0 Å². The first-order chi connectivity index (χ1) is 9.86. The fraction of sp³-hybridized carbons (Fsp3) is 0.0526. The molecule has 0 unspecified atom stereocenters. The van der Waals surface area contributed by atoms with Crippen LogP contribution < -0.4 is 5.19 Å². The van der Waals surface area contributed by atoms with Gasteiger partial charge < -0.3 is 0 Å². The number of benzene rings is 3. The van der Waals surface area contributed by atoms with Crippen molar-refractivity contribution in [2.45, 2.75) is 5.92 Å². The van der Waals surface area contributed by atoms with Gasteiger partial charge in [-0.25, -0.2) is 0 Å². The lowest BCUT2D eigenvalue weighted by Crippen LogP contribution is -2.16. The summed E-state index contributed by atoms with van der Waals surface area (Å²) >= 11 is 0. The van der Waals surface area contributed by atoms with Crippen LogP contribution >= 0.6 is 0 Å². The van der Waals surface area contributed by atoms with E-state index in [0.717, 1.165) is 10.2 Å². The van der Waals surface area contributed by atoms with Gasteiger partial charge in [0.05, 0.1) is 0 Å². The second-order valence-corrected chi connectivity index (χ2v) is 6.19. The van der Waals surface area contributed by atoms with Gasteiger partial charge in [0.2, 0.25) is 0 Å². The van der Waals surface area contributed by atoms with Gasteiger partial charge in [0.25, 0.3) is 0 Å².